The van der Waals surface area contributed by atoms with Crippen molar-refractivity contribution in [3.8, 4) is 0 Å². The quantitative estimate of drug-likeness (QED) is 0.826. The second-order valence-corrected chi connectivity index (χ2v) is 4.68. The molecule has 0 amide bonds. The van der Waals surface area contributed by atoms with Crippen molar-refractivity contribution in [1.82, 2.24) is 15.3 Å². The van der Waals surface area contributed by atoms with Gasteiger partial charge in [-0.3, -0.25) is 9.97 Å². The summed E-state index contributed by atoms with van der Waals surface area (Å²) in [5.74, 6) is 0. The van der Waals surface area contributed by atoms with E-state index in [0.717, 1.165) is 31.5 Å². The molecule has 3 heteroatoms. The molecule has 2 aromatic heterocycles. The zero-order valence-corrected chi connectivity index (χ0v) is 11.4. The predicted octanol–water partition coefficient (Wildman–Crippen LogP) is 2.63. The van der Waals surface area contributed by atoms with E-state index >= 15 is 0 Å². The van der Waals surface area contributed by atoms with E-state index in [2.05, 4.69) is 34.3 Å². The number of hydrogen-bond acceptors (Lipinski definition) is 3. The molecule has 0 aliphatic heterocycles. The number of likely N-dealkylation sites (N-methyl/N-ethyl adjacent to an activating group) is 1. The topological polar surface area (TPSA) is 37.8 Å². The third-order valence-electron chi connectivity index (χ3n) is 3.17. The zero-order chi connectivity index (χ0) is 13.3. The van der Waals surface area contributed by atoms with Gasteiger partial charge in [-0.05, 0) is 49.6 Å². The molecule has 3 nitrogen and oxygen atoms in total. The van der Waals surface area contributed by atoms with Crippen LogP contribution >= 0.6 is 0 Å². The van der Waals surface area contributed by atoms with E-state index in [9.17, 15) is 0 Å². The number of rotatable bonds is 7. The van der Waals surface area contributed by atoms with Gasteiger partial charge in [-0.25, -0.2) is 0 Å². The summed E-state index contributed by atoms with van der Waals surface area (Å²) in [6.07, 6.45) is 8.76. The van der Waals surface area contributed by atoms with Crippen LogP contribution < -0.4 is 5.32 Å². The molecule has 0 aromatic carbocycles. The van der Waals surface area contributed by atoms with Crippen LogP contribution in [-0.2, 0) is 12.8 Å². The minimum absolute atomic E-state index is 0.483. The van der Waals surface area contributed by atoms with Crippen LogP contribution in [0.15, 0.2) is 48.9 Å². The first-order valence-corrected chi connectivity index (χ1v) is 6.90. The van der Waals surface area contributed by atoms with E-state index in [1.165, 1.54) is 5.56 Å². The van der Waals surface area contributed by atoms with Gasteiger partial charge in [0, 0.05) is 30.3 Å². The minimum atomic E-state index is 0.483. The van der Waals surface area contributed by atoms with Gasteiger partial charge in [-0.2, -0.15) is 0 Å². The summed E-state index contributed by atoms with van der Waals surface area (Å²) in [5, 5.41) is 3.55. The lowest BCUT2D eigenvalue weighted by molar-refractivity contribution is 0.488. The van der Waals surface area contributed by atoms with Crippen LogP contribution in [0, 0.1) is 0 Å². The highest BCUT2D eigenvalue weighted by Gasteiger charge is 2.09. The van der Waals surface area contributed by atoms with Gasteiger partial charge in [0.25, 0.3) is 0 Å². The van der Waals surface area contributed by atoms with Crippen molar-refractivity contribution >= 4 is 0 Å². The summed E-state index contributed by atoms with van der Waals surface area (Å²) in [7, 11) is 0. The van der Waals surface area contributed by atoms with Crippen molar-refractivity contribution in [3.63, 3.8) is 0 Å². The Bertz CT molecular complexity index is 456. The maximum absolute atomic E-state index is 4.38. The van der Waals surface area contributed by atoms with Crippen molar-refractivity contribution in [2.24, 2.45) is 0 Å². The number of aromatic nitrogens is 2. The number of nitrogens with zero attached hydrogens (tertiary/aromatic N) is 2. The third-order valence-corrected chi connectivity index (χ3v) is 3.17. The Kier molecular flexibility index (Phi) is 5.50. The molecule has 1 unspecified atom stereocenters. The second kappa shape index (κ2) is 7.64. The van der Waals surface area contributed by atoms with Crippen LogP contribution in [0.25, 0.3) is 0 Å². The summed E-state index contributed by atoms with van der Waals surface area (Å²) in [6.45, 7) is 3.14. The van der Waals surface area contributed by atoms with Gasteiger partial charge in [0.15, 0.2) is 0 Å². The van der Waals surface area contributed by atoms with Crippen LogP contribution in [0.1, 0.15) is 24.6 Å². The van der Waals surface area contributed by atoms with E-state index in [-0.39, 0.29) is 0 Å². The Hall–Kier alpha value is -1.74. The van der Waals surface area contributed by atoms with E-state index in [4.69, 9.17) is 0 Å². The highest BCUT2D eigenvalue weighted by Crippen LogP contribution is 2.08. The molecule has 2 aromatic rings. The van der Waals surface area contributed by atoms with E-state index in [1.807, 2.05) is 36.8 Å². The van der Waals surface area contributed by atoms with Gasteiger partial charge in [0.2, 0.25) is 0 Å². The molecule has 100 valence electrons. The molecule has 0 aliphatic rings. The first-order chi connectivity index (χ1) is 9.38. The second-order valence-electron chi connectivity index (χ2n) is 4.68. The Morgan fingerprint density at radius 2 is 2.11 bits per heavy atom. The molecule has 0 saturated heterocycles. The molecular formula is C16H21N3. The van der Waals surface area contributed by atoms with Crippen LogP contribution in [0.2, 0.25) is 0 Å². The van der Waals surface area contributed by atoms with E-state index in [0.29, 0.717) is 6.04 Å². The van der Waals surface area contributed by atoms with Crippen LogP contribution in [-0.4, -0.2) is 22.6 Å². The van der Waals surface area contributed by atoms with Gasteiger partial charge < -0.3 is 5.32 Å². The standard InChI is InChI=1S/C16H21N3/c1-2-18-16(12-14-6-5-10-17-13-14)9-8-15-7-3-4-11-19-15/h3-7,10-11,13,16,18H,2,8-9,12H2,1H3. The van der Waals surface area contributed by atoms with Crippen molar-refractivity contribution in [2.75, 3.05) is 6.54 Å². The van der Waals surface area contributed by atoms with Crippen molar-refractivity contribution in [1.29, 1.82) is 0 Å². The highest BCUT2D eigenvalue weighted by atomic mass is 14.9. The lowest BCUT2D eigenvalue weighted by Crippen LogP contribution is -2.31. The predicted molar refractivity (Wildman–Crippen MR) is 78.0 cm³/mol. The van der Waals surface area contributed by atoms with Gasteiger partial charge in [0.05, 0.1) is 0 Å². The number of hydrogen-bond donors (Lipinski definition) is 1. The minimum Gasteiger partial charge on any atom is -0.314 e. The third kappa shape index (κ3) is 4.79. The maximum Gasteiger partial charge on any atom is 0.0404 e. The molecule has 2 heterocycles. The number of nitrogens with one attached hydrogen (secondary N) is 1. The summed E-state index contributed by atoms with van der Waals surface area (Å²) in [4.78, 5) is 8.55. The summed E-state index contributed by atoms with van der Waals surface area (Å²) in [5.41, 5.74) is 2.45. The molecule has 0 fully saturated rings. The van der Waals surface area contributed by atoms with E-state index in [1.54, 1.807) is 0 Å². The molecular weight excluding hydrogens is 234 g/mol. The van der Waals surface area contributed by atoms with Crippen molar-refractivity contribution < 1.29 is 0 Å². The molecule has 19 heavy (non-hydrogen) atoms. The fourth-order valence-corrected chi connectivity index (χ4v) is 2.24. The van der Waals surface area contributed by atoms with Gasteiger partial charge in [-0.1, -0.05) is 19.1 Å². The molecule has 0 saturated carbocycles. The molecule has 2 rings (SSSR count). The molecule has 1 N–H and O–H groups in total. The molecule has 1 atom stereocenters. The smallest absolute Gasteiger partial charge is 0.0404 e. The molecule has 0 bridgehead atoms. The largest absolute Gasteiger partial charge is 0.314 e. The SMILES string of the molecule is CCNC(CCc1ccccn1)Cc1cccnc1. The lowest BCUT2D eigenvalue weighted by atomic mass is 10.0. The number of aryl methyl sites for hydroxylation is 1. The molecule has 0 aliphatic carbocycles. The average molecular weight is 255 g/mol. The Morgan fingerprint density at radius 3 is 2.79 bits per heavy atom. The van der Waals surface area contributed by atoms with E-state index < -0.39 is 0 Å². The first kappa shape index (κ1) is 13.7. The summed E-state index contributed by atoms with van der Waals surface area (Å²) in [6, 6.07) is 10.7. The number of pyridine rings is 2. The van der Waals surface area contributed by atoms with Gasteiger partial charge in [0.1, 0.15) is 0 Å². The Labute approximate surface area is 115 Å². The summed E-state index contributed by atoms with van der Waals surface area (Å²) >= 11 is 0. The Morgan fingerprint density at radius 1 is 1.16 bits per heavy atom. The lowest BCUT2D eigenvalue weighted by Gasteiger charge is -2.17. The van der Waals surface area contributed by atoms with Gasteiger partial charge >= 0.3 is 0 Å². The maximum atomic E-state index is 4.38. The normalized spacial score (nSPS) is 12.3. The Balaban J connectivity index is 1.89. The molecule has 0 spiro atoms. The van der Waals surface area contributed by atoms with Crippen LogP contribution in [0.4, 0.5) is 0 Å². The van der Waals surface area contributed by atoms with Gasteiger partial charge in [-0.15, -0.1) is 0 Å². The molecule has 0 radical (unpaired) electrons. The monoisotopic (exact) mass is 255 g/mol. The zero-order valence-electron chi connectivity index (χ0n) is 11.4. The van der Waals surface area contributed by atoms with Crippen molar-refractivity contribution in [3.05, 3.63) is 60.2 Å². The van der Waals surface area contributed by atoms with Crippen molar-refractivity contribution in [2.45, 2.75) is 32.2 Å². The van der Waals surface area contributed by atoms with Crippen LogP contribution in [0.3, 0.4) is 0 Å². The average Bonchev–Trinajstić information content (AvgIpc) is 2.47. The highest BCUT2D eigenvalue weighted by molar-refractivity contribution is 5.11. The van der Waals surface area contributed by atoms with Crippen LogP contribution in [0.5, 0.6) is 0 Å². The first-order valence-electron chi connectivity index (χ1n) is 6.90. The fraction of sp³-hybridized carbons (Fsp3) is 0.375. The fourth-order valence-electron chi connectivity index (χ4n) is 2.24. The summed E-state index contributed by atoms with van der Waals surface area (Å²) < 4.78 is 0.